The predicted octanol–water partition coefficient (Wildman–Crippen LogP) is 3.36. The monoisotopic (exact) mass is 233 g/mol. The fraction of sp³-hybridized carbons (Fsp3) is 0.571. The summed E-state index contributed by atoms with van der Waals surface area (Å²) in [6, 6.07) is 2.21. The molecule has 0 aliphatic heterocycles. The molecule has 2 heteroatoms. The number of allylic oxidation sites excluding steroid dienone is 2. The van der Waals surface area contributed by atoms with E-state index in [1.54, 1.807) is 0 Å². The lowest BCUT2D eigenvalue weighted by Gasteiger charge is -2.18. The summed E-state index contributed by atoms with van der Waals surface area (Å²) in [5.74, 6) is 2.68. The molecule has 1 fully saturated rings. The van der Waals surface area contributed by atoms with E-state index >= 15 is 0 Å². The Hall–Kier alpha value is -0.600. The summed E-state index contributed by atoms with van der Waals surface area (Å²) in [5.41, 5.74) is 1.44. The van der Waals surface area contributed by atoms with Crippen molar-refractivity contribution in [2.45, 2.75) is 26.3 Å². The summed E-state index contributed by atoms with van der Waals surface area (Å²) in [5, 5.41) is 5.82. The number of thiophene rings is 1. The predicted molar refractivity (Wildman–Crippen MR) is 69.6 cm³/mol. The van der Waals surface area contributed by atoms with Crippen molar-refractivity contribution in [2.24, 2.45) is 17.8 Å². The standard InChI is InChI=1S/C14H19NS/c1-10-4-5-16-14(10)9-15-8-13-7-11-2-3-12(13)6-11/h2-5,11-13,15H,6-9H2,1H3. The molecular weight excluding hydrogens is 214 g/mol. The van der Waals surface area contributed by atoms with Crippen LogP contribution in [-0.4, -0.2) is 6.54 Å². The molecule has 1 saturated carbocycles. The van der Waals surface area contributed by atoms with Crippen molar-refractivity contribution in [1.29, 1.82) is 0 Å². The Balaban J connectivity index is 1.48. The fourth-order valence-corrected chi connectivity index (χ4v) is 3.96. The Morgan fingerprint density at radius 1 is 1.38 bits per heavy atom. The maximum absolute atomic E-state index is 3.63. The van der Waals surface area contributed by atoms with E-state index in [1.165, 1.54) is 29.8 Å². The van der Waals surface area contributed by atoms with E-state index in [2.05, 4.69) is 35.8 Å². The van der Waals surface area contributed by atoms with Crippen LogP contribution in [0.15, 0.2) is 23.6 Å². The van der Waals surface area contributed by atoms with Gasteiger partial charge in [0.2, 0.25) is 0 Å². The van der Waals surface area contributed by atoms with Crippen molar-refractivity contribution in [3.63, 3.8) is 0 Å². The second-order valence-corrected chi connectivity index (χ2v) is 6.20. The van der Waals surface area contributed by atoms with Gasteiger partial charge >= 0.3 is 0 Å². The molecule has 3 rings (SSSR count). The molecule has 3 atom stereocenters. The maximum Gasteiger partial charge on any atom is 0.0302 e. The molecule has 1 nitrogen and oxygen atoms in total. The molecule has 1 aromatic heterocycles. The SMILES string of the molecule is Cc1ccsc1CNCC1CC2C=CC1C2. The van der Waals surface area contributed by atoms with Crippen LogP contribution in [-0.2, 0) is 6.54 Å². The van der Waals surface area contributed by atoms with E-state index < -0.39 is 0 Å². The van der Waals surface area contributed by atoms with Crippen LogP contribution in [0.3, 0.4) is 0 Å². The Kier molecular flexibility index (Phi) is 2.86. The summed E-state index contributed by atoms with van der Waals surface area (Å²) in [6.45, 7) is 4.46. The fourth-order valence-electron chi connectivity index (χ4n) is 3.09. The van der Waals surface area contributed by atoms with Gasteiger partial charge in [-0.2, -0.15) is 0 Å². The van der Waals surface area contributed by atoms with E-state index in [0.717, 1.165) is 24.3 Å². The molecule has 1 N–H and O–H groups in total. The highest BCUT2D eigenvalue weighted by Crippen LogP contribution is 2.42. The summed E-state index contributed by atoms with van der Waals surface area (Å²) >= 11 is 1.87. The Morgan fingerprint density at radius 2 is 2.31 bits per heavy atom. The van der Waals surface area contributed by atoms with Crippen LogP contribution in [0.1, 0.15) is 23.3 Å². The van der Waals surface area contributed by atoms with Crippen LogP contribution in [0.4, 0.5) is 0 Å². The van der Waals surface area contributed by atoms with Gasteiger partial charge in [-0.15, -0.1) is 11.3 Å². The third kappa shape index (κ3) is 1.96. The van der Waals surface area contributed by atoms with Crippen molar-refractivity contribution in [2.75, 3.05) is 6.54 Å². The van der Waals surface area contributed by atoms with E-state index in [-0.39, 0.29) is 0 Å². The molecule has 0 amide bonds. The highest BCUT2D eigenvalue weighted by atomic mass is 32.1. The average molecular weight is 233 g/mol. The zero-order valence-corrected chi connectivity index (χ0v) is 10.6. The Bertz CT molecular complexity index is 393. The molecule has 3 unspecified atom stereocenters. The van der Waals surface area contributed by atoms with Gasteiger partial charge in [-0.05, 0) is 61.1 Å². The first-order valence-electron chi connectivity index (χ1n) is 6.25. The molecule has 0 aromatic carbocycles. The number of nitrogens with one attached hydrogen (secondary N) is 1. The normalized spacial score (nSPS) is 31.4. The van der Waals surface area contributed by atoms with Crippen LogP contribution in [0.2, 0.25) is 0 Å². The lowest BCUT2D eigenvalue weighted by Crippen LogP contribution is -2.24. The lowest BCUT2D eigenvalue weighted by molar-refractivity contribution is 0.415. The molecule has 1 heterocycles. The third-order valence-electron chi connectivity index (χ3n) is 4.08. The number of rotatable bonds is 4. The van der Waals surface area contributed by atoms with Gasteiger partial charge in [-0.25, -0.2) is 0 Å². The molecule has 2 aliphatic carbocycles. The zero-order chi connectivity index (χ0) is 11.0. The number of fused-ring (bicyclic) bond motifs is 2. The van der Waals surface area contributed by atoms with E-state index in [0.29, 0.717) is 0 Å². The van der Waals surface area contributed by atoms with Crippen molar-refractivity contribution in [1.82, 2.24) is 5.32 Å². The highest BCUT2D eigenvalue weighted by Gasteiger charge is 2.34. The van der Waals surface area contributed by atoms with Gasteiger partial charge in [0.25, 0.3) is 0 Å². The van der Waals surface area contributed by atoms with Crippen molar-refractivity contribution < 1.29 is 0 Å². The lowest BCUT2D eigenvalue weighted by atomic mass is 9.94. The molecule has 2 bridgehead atoms. The third-order valence-corrected chi connectivity index (χ3v) is 5.10. The minimum atomic E-state index is 0.877. The first-order chi connectivity index (χ1) is 7.83. The van der Waals surface area contributed by atoms with E-state index in [1.807, 2.05) is 11.3 Å². The summed E-state index contributed by atoms with van der Waals surface area (Å²) < 4.78 is 0. The van der Waals surface area contributed by atoms with Crippen LogP contribution >= 0.6 is 11.3 Å². The zero-order valence-electron chi connectivity index (χ0n) is 9.78. The summed E-state index contributed by atoms with van der Waals surface area (Å²) in [7, 11) is 0. The molecular formula is C14H19NS. The molecule has 0 spiro atoms. The van der Waals surface area contributed by atoms with Crippen molar-refractivity contribution >= 4 is 11.3 Å². The topological polar surface area (TPSA) is 12.0 Å². The molecule has 0 saturated heterocycles. The summed E-state index contributed by atoms with van der Waals surface area (Å²) in [4.78, 5) is 1.50. The van der Waals surface area contributed by atoms with E-state index in [4.69, 9.17) is 0 Å². The van der Waals surface area contributed by atoms with Gasteiger partial charge in [0.05, 0.1) is 0 Å². The molecule has 16 heavy (non-hydrogen) atoms. The smallest absolute Gasteiger partial charge is 0.0302 e. The first-order valence-corrected chi connectivity index (χ1v) is 7.13. The maximum atomic E-state index is 3.63. The van der Waals surface area contributed by atoms with Gasteiger partial charge in [0.1, 0.15) is 0 Å². The van der Waals surface area contributed by atoms with Gasteiger partial charge in [0, 0.05) is 11.4 Å². The number of hydrogen-bond acceptors (Lipinski definition) is 2. The minimum absolute atomic E-state index is 0.877. The van der Waals surface area contributed by atoms with Crippen molar-refractivity contribution in [3.8, 4) is 0 Å². The molecule has 0 radical (unpaired) electrons. The van der Waals surface area contributed by atoms with Gasteiger partial charge in [-0.3, -0.25) is 0 Å². The number of aryl methyl sites for hydroxylation is 1. The molecule has 1 aromatic rings. The Morgan fingerprint density at radius 3 is 2.94 bits per heavy atom. The van der Waals surface area contributed by atoms with E-state index in [9.17, 15) is 0 Å². The van der Waals surface area contributed by atoms with Gasteiger partial charge in [0.15, 0.2) is 0 Å². The molecule has 86 valence electrons. The largest absolute Gasteiger partial charge is 0.312 e. The van der Waals surface area contributed by atoms with Crippen LogP contribution in [0.25, 0.3) is 0 Å². The second-order valence-electron chi connectivity index (χ2n) is 5.20. The molecule has 2 aliphatic rings. The second kappa shape index (κ2) is 4.34. The quantitative estimate of drug-likeness (QED) is 0.786. The Labute approximate surface area is 102 Å². The summed E-state index contributed by atoms with van der Waals surface area (Å²) in [6.07, 6.45) is 7.70. The van der Waals surface area contributed by atoms with Crippen LogP contribution in [0.5, 0.6) is 0 Å². The van der Waals surface area contributed by atoms with Crippen LogP contribution in [0, 0.1) is 24.7 Å². The first kappa shape index (κ1) is 10.5. The van der Waals surface area contributed by atoms with Gasteiger partial charge < -0.3 is 5.32 Å². The van der Waals surface area contributed by atoms with Crippen molar-refractivity contribution in [3.05, 3.63) is 34.0 Å². The average Bonchev–Trinajstić information content (AvgIpc) is 2.96. The van der Waals surface area contributed by atoms with Crippen LogP contribution < -0.4 is 5.32 Å². The number of hydrogen-bond donors (Lipinski definition) is 1. The minimum Gasteiger partial charge on any atom is -0.312 e. The van der Waals surface area contributed by atoms with Gasteiger partial charge in [-0.1, -0.05) is 12.2 Å². The highest BCUT2D eigenvalue weighted by molar-refractivity contribution is 7.10.